The van der Waals surface area contributed by atoms with Crippen molar-refractivity contribution in [2.75, 3.05) is 5.32 Å². The van der Waals surface area contributed by atoms with E-state index in [9.17, 15) is 9.18 Å². The fraction of sp³-hybridized carbons (Fsp3) is 0.143. The van der Waals surface area contributed by atoms with Gasteiger partial charge >= 0.3 is 0 Å². The summed E-state index contributed by atoms with van der Waals surface area (Å²) >= 11 is 1.28. The number of nitrogens with zero attached hydrogens (tertiary/aromatic N) is 1. The van der Waals surface area contributed by atoms with Gasteiger partial charge in [-0.15, -0.1) is 11.3 Å². The predicted molar refractivity (Wildman–Crippen MR) is 77.8 cm³/mol. The second-order valence-electron chi connectivity index (χ2n) is 4.56. The van der Waals surface area contributed by atoms with Crippen molar-refractivity contribution in [3.63, 3.8) is 0 Å². The zero-order valence-electron chi connectivity index (χ0n) is 11.0. The fourth-order valence-electron chi connectivity index (χ4n) is 2.13. The SMILES string of the molecule is Cc1cc(NC(=O)c2sc3cccc(F)c3c2C)n[nH]1. The summed E-state index contributed by atoms with van der Waals surface area (Å²) in [4.78, 5) is 12.8. The third-order valence-corrected chi connectivity index (χ3v) is 4.31. The summed E-state index contributed by atoms with van der Waals surface area (Å²) in [5, 5.41) is 9.93. The molecule has 0 bridgehead atoms. The molecule has 1 aromatic carbocycles. The highest BCUT2D eigenvalue weighted by Gasteiger charge is 2.18. The van der Waals surface area contributed by atoms with E-state index in [1.807, 2.05) is 13.0 Å². The summed E-state index contributed by atoms with van der Waals surface area (Å²) in [6.45, 7) is 3.61. The Morgan fingerprint density at radius 3 is 2.85 bits per heavy atom. The quantitative estimate of drug-likeness (QED) is 0.757. The maximum absolute atomic E-state index is 13.8. The first-order chi connectivity index (χ1) is 9.56. The smallest absolute Gasteiger partial charge is 0.267 e. The topological polar surface area (TPSA) is 57.8 Å². The number of rotatable bonds is 2. The van der Waals surface area contributed by atoms with Crippen LogP contribution < -0.4 is 5.32 Å². The lowest BCUT2D eigenvalue weighted by molar-refractivity contribution is 0.102. The molecule has 0 aliphatic heterocycles. The van der Waals surface area contributed by atoms with Crippen LogP contribution in [-0.2, 0) is 0 Å². The Labute approximate surface area is 118 Å². The third-order valence-electron chi connectivity index (χ3n) is 3.06. The molecule has 102 valence electrons. The standard InChI is InChI=1S/C14H12FN3OS/c1-7-6-11(18-17-7)16-14(19)13-8(2)12-9(15)4-3-5-10(12)20-13/h3-6H,1-2H3,(H2,16,17,18,19). The first-order valence-electron chi connectivity index (χ1n) is 6.07. The number of hydrogen-bond donors (Lipinski definition) is 2. The molecule has 6 heteroatoms. The van der Waals surface area contributed by atoms with Crippen molar-refractivity contribution in [2.24, 2.45) is 0 Å². The number of aromatic nitrogens is 2. The van der Waals surface area contributed by atoms with Crippen LogP contribution in [0.5, 0.6) is 0 Å². The molecule has 0 atom stereocenters. The molecule has 0 aliphatic rings. The number of nitrogens with one attached hydrogen (secondary N) is 2. The highest BCUT2D eigenvalue weighted by Crippen LogP contribution is 2.32. The molecular weight excluding hydrogens is 277 g/mol. The molecule has 0 radical (unpaired) electrons. The Kier molecular flexibility index (Phi) is 3.02. The lowest BCUT2D eigenvalue weighted by atomic mass is 10.1. The number of fused-ring (bicyclic) bond motifs is 1. The minimum absolute atomic E-state index is 0.269. The summed E-state index contributed by atoms with van der Waals surface area (Å²) in [5.41, 5.74) is 1.52. The molecule has 3 rings (SSSR count). The van der Waals surface area contributed by atoms with Gasteiger partial charge in [-0.1, -0.05) is 6.07 Å². The Morgan fingerprint density at radius 2 is 2.20 bits per heavy atom. The molecule has 0 aliphatic carbocycles. The Balaban J connectivity index is 1.99. The van der Waals surface area contributed by atoms with Crippen LogP contribution in [0.4, 0.5) is 10.2 Å². The van der Waals surface area contributed by atoms with Gasteiger partial charge in [0, 0.05) is 21.8 Å². The van der Waals surface area contributed by atoms with Crippen molar-refractivity contribution in [1.29, 1.82) is 0 Å². The maximum atomic E-state index is 13.8. The Bertz CT molecular complexity index is 806. The van der Waals surface area contributed by atoms with Crippen LogP contribution in [0.1, 0.15) is 20.9 Å². The van der Waals surface area contributed by atoms with Gasteiger partial charge in [0.25, 0.3) is 5.91 Å². The fourth-order valence-corrected chi connectivity index (χ4v) is 3.24. The van der Waals surface area contributed by atoms with Crippen molar-refractivity contribution < 1.29 is 9.18 Å². The van der Waals surface area contributed by atoms with Gasteiger partial charge in [-0.05, 0) is 31.5 Å². The Morgan fingerprint density at radius 1 is 1.40 bits per heavy atom. The molecule has 1 amide bonds. The van der Waals surface area contributed by atoms with Gasteiger partial charge in [0.1, 0.15) is 5.82 Å². The highest BCUT2D eigenvalue weighted by atomic mass is 32.1. The van der Waals surface area contributed by atoms with E-state index >= 15 is 0 Å². The van der Waals surface area contributed by atoms with Crippen molar-refractivity contribution in [2.45, 2.75) is 13.8 Å². The van der Waals surface area contributed by atoms with Gasteiger partial charge in [0.05, 0.1) is 4.88 Å². The van der Waals surface area contributed by atoms with Gasteiger partial charge < -0.3 is 5.32 Å². The van der Waals surface area contributed by atoms with Crippen LogP contribution in [0.25, 0.3) is 10.1 Å². The van der Waals surface area contributed by atoms with E-state index in [-0.39, 0.29) is 11.7 Å². The van der Waals surface area contributed by atoms with Crippen LogP contribution in [0.15, 0.2) is 24.3 Å². The second-order valence-corrected chi connectivity index (χ2v) is 5.61. The predicted octanol–water partition coefficient (Wildman–Crippen LogP) is 3.63. The van der Waals surface area contributed by atoms with E-state index in [2.05, 4.69) is 15.5 Å². The molecule has 2 N–H and O–H groups in total. The molecule has 0 spiro atoms. The Hall–Kier alpha value is -2.21. The number of anilines is 1. The number of aromatic amines is 1. The molecule has 0 fully saturated rings. The number of carbonyl (C=O) groups is 1. The summed E-state index contributed by atoms with van der Waals surface area (Å²) in [6.07, 6.45) is 0. The number of carbonyl (C=O) groups excluding carboxylic acids is 1. The number of amides is 1. The van der Waals surface area contributed by atoms with Gasteiger partial charge in [-0.2, -0.15) is 5.10 Å². The zero-order valence-corrected chi connectivity index (χ0v) is 11.8. The lowest BCUT2D eigenvalue weighted by Crippen LogP contribution is -2.11. The first kappa shape index (κ1) is 12.8. The van der Waals surface area contributed by atoms with E-state index in [0.717, 1.165) is 10.4 Å². The lowest BCUT2D eigenvalue weighted by Gasteiger charge is -2.00. The van der Waals surface area contributed by atoms with Crippen molar-refractivity contribution >= 4 is 33.1 Å². The van der Waals surface area contributed by atoms with Crippen LogP contribution in [-0.4, -0.2) is 16.1 Å². The molecule has 4 nitrogen and oxygen atoms in total. The number of hydrogen-bond acceptors (Lipinski definition) is 3. The van der Waals surface area contributed by atoms with Gasteiger partial charge in [0.2, 0.25) is 0 Å². The minimum atomic E-state index is -0.300. The largest absolute Gasteiger partial charge is 0.304 e. The molecule has 0 unspecified atom stereocenters. The van der Waals surface area contributed by atoms with Crippen LogP contribution >= 0.6 is 11.3 Å². The molecule has 20 heavy (non-hydrogen) atoms. The molecule has 0 saturated carbocycles. The van der Waals surface area contributed by atoms with E-state index in [1.54, 1.807) is 19.1 Å². The molecule has 3 aromatic rings. The number of H-pyrrole nitrogens is 1. The monoisotopic (exact) mass is 289 g/mol. The van der Waals surface area contributed by atoms with Crippen LogP contribution in [0, 0.1) is 19.7 Å². The van der Waals surface area contributed by atoms with E-state index in [0.29, 0.717) is 21.6 Å². The first-order valence-corrected chi connectivity index (χ1v) is 6.89. The highest BCUT2D eigenvalue weighted by molar-refractivity contribution is 7.21. The summed E-state index contributed by atoms with van der Waals surface area (Å²) in [6, 6.07) is 6.60. The summed E-state index contributed by atoms with van der Waals surface area (Å²) in [5.74, 6) is -0.106. The van der Waals surface area contributed by atoms with Crippen molar-refractivity contribution in [1.82, 2.24) is 10.2 Å². The van der Waals surface area contributed by atoms with Crippen LogP contribution in [0.3, 0.4) is 0 Å². The number of thiophene rings is 1. The number of aryl methyl sites for hydroxylation is 2. The maximum Gasteiger partial charge on any atom is 0.267 e. The van der Waals surface area contributed by atoms with Crippen LogP contribution in [0.2, 0.25) is 0 Å². The minimum Gasteiger partial charge on any atom is -0.304 e. The summed E-state index contributed by atoms with van der Waals surface area (Å²) < 4.78 is 14.6. The molecular formula is C14H12FN3OS. The van der Waals surface area contributed by atoms with E-state index in [1.165, 1.54) is 17.4 Å². The van der Waals surface area contributed by atoms with Crippen molar-refractivity contribution in [3.05, 3.63) is 46.2 Å². The average molecular weight is 289 g/mol. The number of halogens is 1. The second kappa shape index (κ2) is 4.72. The molecule has 2 aromatic heterocycles. The number of benzene rings is 1. The van der Waals surface area contributed by atoms with Gasteiger partial charge in [-0.25, -0.2) is 4.39 Å². The van der Waals surface area contributed by atoms with E-state index in [4.69, 9.17) is 0 Å². The molecule has 0 saturated heterocycles. The van der Waals surface area contributed by atoms with Gasteiger partial charge in [-0.3, -0.25) is 9.89 Å². The normalized spacial score (nSPS) is 10.9. The summed E-state index contributed by atoms with van der Waals surface area (Å²) in [7, 11) is 0. The zero-order chi connectivity index (χ0) is 14.3. The average Bonchev–Trinajstić information content (AvgIpc) is 2.95. The molecule has 2 heterocycles. The van der Waals surface area contributed by atoms with Gasteiger partial charge in [0.15, 0.2) is 5.82 Å². The van der Waals surface area contributed by atoms with E-state index < -0.39 is 0 Å². The third kappa shape index (κ3) is 2.08. The van der Waals surface area contributed by atoms with Crippen molar-refractivity contribution in [3.8, 4) is 0 Å².